The summed E-state index contributed by atoms with van der Waals surface area (Å²) in [6, 6.07) is 0. The van der Waals surface area contributed by atoms with Crippen molar-refractivity contribution in [2.24, 2.45) is 0 Å². The van der Waals surface area contributed by atoms with Crippen LogP contribution in [0.2, 0.25) is 0 Å². The van der Waals surface area contributed by atoms with Crippen LogP contribution in [-0.4, -0.2) is 37.2 Å². The van der Waals surface area contributed by atoms with Crippen LogP contribution in [0.3, 0.4) is 0 Å². The lowest BCUT2D eigenvalue weighted by Crippen LogP contribution is -2.30. The molecule has 0 radical (unpaired) electrons. The molecule has 0 N–H and O–H groups in total. The van der Waals surface area contributed by atoms with Crippen molar-refractivity contribution < 1.29 is 28.6 Å². The molecule has 0 aromatic heterocycles. The molecule has 0 spiro atoms. The van der Waals surface area contributed by atoms with E-state index in [0.717, 1.165) is 103 Å². The number of ether oxygens (including phenoxy) is 3. The maximum absolute atomic E-state index is 12.8. The molecule has 1 unspecified atom stereocenters. The number of hydrogen-bond acceptors (Lipinski definition) is 6. The van der Waals surface area contributed by atoms with E-state index in [1.165, 1.54) is 116 Å². The Balaban J connectivity index is 4.41. The van der Waals surface area contributed by atoms with Crippen molar-refractivity contribution in [1.82, 2.24) is 0 Å². The van der Waals surface area contributed by atoms with Crippen LogP contribution in [0.4, 0.5) is 0 Å². The fourth-order valence-electron chi connectivity index (χ4n) is 7.19. The average Bonchev–Trinajstić information content (AvgIpc) is 3.27. The lowest BCUT2D eigenvalue weighted by molar-refractivity contribution is -0.167. The van der Waals surface area contributed by atoms with Crippen LogP contribution in [0, 0.1) is 0 Å². The minimum Gasteiger partial charge on any atom is -0.462 e. The van der Waals surface area contributed by atoms with Crippen molar-refractivity contribution >= 4 is 17.9 Å². The highest BCUT2D eigenvalue weighted by Crippen LogP contribution is 2.14. The van der Waals surface area contributed by atoms with E-state index in [1.54, 1.807) is 0 Å². The van der Waals surface area contributed by atoms with E-state index < -0.39 is 6.10 Å². The van der Waals surface area contributed by atoms with Gasteiger partial charge in [-0.05, 0) is 103 Å². The van der Waals surface area contributed by atoms with Gasteiger partial charge < -0.3 is 14.2 Å². The first-order valence-corrected chi connectivity index (χ1v) is 26.3. The van der Waals surface area contributed by atoms with Gasteiger partial charge in [0.05, 0.1) is 0 Å². The Bertz CT molecular complexity index is 1130. The van der Waals surface area contributed by atoms with Gasteiger partial charge in [0.25, 0.3) is 0 Å². The summed E-state index contributed by atoms with van der Waals surface area (Å²) in [5, 5.41) is 0. The molecule has 0 bridgehead atoms. The van der Waals surface area contributed by atoms with Crippen LogP contribution in [-0.2, 0) is 28.6 Å². The molecule has 6 heteroatoms. The van der Waals surface area contributed by atoms with E-state index in [-0.39, 0.29) is 31.1 Å². The molecule has 0 saturated carbocycles. The molecular weight excluding hydrogens is 769 g/mol. The monoisotopic (exact) mass is 867 g/mol. The van der Waals surface area contributed by atoms with Crippen LogP contribution in [0.5, 0.6) is 0 Å². The van der Waals surface area contributed by atoms with Gasteiger partial charge in [0.1, 0.15) is 13.2 Å². The van der Waals surface area contributed by atoms with Gasteiger partial charge in [-0.1, -0.05) is 197 Å². The van der Waals surface area contributed by atoms with E-state index in [9.17, 15) is 14.4 Å². The summed E-state index contributed by atoms with van der Waals surface area (Å²) < 4.78 is 16.8. The normalized spacial score (nSPS) is 12.5. The molecular formula is C56H98O6. The highest BCUT2D eigenvalue weighted by Gasteiger charge is 2.19. The zero-order valence-electron chi connectivity index (χ0n) is 40.9. The third-order valence-electron chi connectivity index (χ3n) is 11.2. The Morgan fingerprint density at radius 2 is 0.597 bits per heavy atom. The Hall–Kier alpha value is -2.89. The number of unbranched alkanes of at least 4 members (excludes halogenated alkanes) is 26. The highest BCUT2D eigenvalue weighted by atomic mass is 16.6. The van der Waals surface area contributed by atoms with Gasteiger partial charge in [0.15, 0.2) is 6.10 Å². The number of hydrogen-bond donors (Lipinski definition) is 0. The Morgan fingerprint density at radius 1 is 0.323 bits per heavy atom. The number of rotatable bonds is 47. The SMILES string of the molecule is CCCC/C=C\C/C=C\CCCCCCCC(=O)OC(COC(=O)CCCCCCC/C=C\CCCCCC)COC(=O)CCCCCCCCC/C=C\C/C=C\CCCCC. The van der Waals surface area contributed by atoms with Crippen LogP contribution >= 0.6 is 0 Å². The van der Waals surface area contributed by atoms with E-state index in [1.807, 2.05) is 0 Å². The smallest absolute Gasteiger partial charge is 0.306 e. The van der Waals surface area contributed by atoms with Crippen LogP contribution < -0.4 is 0 Å². The van der Waals surface area contributed by atoms with E-state index in [0.29, 0.717) is 19.3 Å². The van der Waals surface area contributed by atoms with Gasteiger partial charge in [0.2, 0.25) is 0 Å². The quantitative estimate of drug-likeness (QED) is 0.0262. The molecule has 0 aliphatic heterocycles. The molecule has 0 aliphatic carbocycles. The second-order valence-electron chi connectivity index (χ2n) is 17.4. The van der Waals surface area contributed by atoms with Crippen molar-refractivity contribution in [3.63, 3.8) is 0 Å². The first-order chi connectivity index (χ1) is 30.5. The molecule has 0 aromatic carbocycles. The minimum absolute atomic E-state index is 0.0865. The summed E-state index contributed by atoms with van der Waals surface area (Å²) in [4.78, 5) is 38.0. The summed E-state index contributed by atoms with van der Waals surface area (Å²) in [6.45, 7) is 6.54. The summed E-state index contributed by atoms with van der Waals surface area (Å²) in [7, 11) is 0. The maximum Gasteiger partial charge on any atom is 0.306 e. The average molecular weight is 867 g/mol. The second kappa shape index (κ2) is 50.8. The van der Waals surface area contributed by atoms with Gasteiger partial charge in [0, 0.05) is 19.3 Å². The fraction of sp³-hybridized carbons (Fsp3) is 0.768. The lowest BCUT2D eigenvalue weighted by Gasteiger charge is -2.18. The largest absolute Gasteiger partial charge is 0.462 e. The van der Waals surface area contributed by atoms with Gasteiger partial charge in [-0.25, -0.2) is 0 Å². The Labute approximate surface area is 383 Å². The molecule has 0 amide bonds. The number of carbonyl (C=O) groups is 3. The van der Waals surface area contributed by atoms with Gasteiger partial charge in [-0.15, -0.1) is 0 Å². The third-order valence-corrected chi connectivity index (χ3v) is 11.2. The first-order valence-electron chi connectivity index (χ1n) is 26.3. The molecule has 358 valence electrons. The van der Waals surface area contributed by atoms with Gasteiger partial charge >= 0.3 is 17.9 Å². The Kier molecular flexibility index (Phi) is 48.4. The minimum atomic E-state index is -0.787. The summed E-state index contributed by atoms with van der Waals surface area (Å²) in [6.07, 6.45) is 61.9. The zero-order valence-corrected chi connectivity index (χ0v) is 40.9. The molecule has 0 aromatic rings. The molecule has 0 fully saturated rings. The van der Waals surface area contributed by atoms with Crippen LogP contribution in [0.15, 0.2) is 60.8 Å². The highest BCUT2D eigenvalue weighted by molar-refractivity contribution is 5.71. The predicted molar refractivity (Wildman–Crippen MR) is 265 cm³/mol. The molecule has 62 heavy (non-hydrogen) atoms. The van der Waals surface area contributed by atoms with E-state index >= 15 is 0 Å². The van der Waals surface area contributed by atoms with Crippen molar-refractivity contribution in [2.75, 3.05) is 13.2 Å². The summed E-state index contributed by atoms with van der Waals surface area (Å²) in [5.74, 6) is -0.913. The van der Waals surface area contributed by atoms with E-state index in [2.05, 4.69) is 81.5 Å². The van der Waals surface area contributed by atoms with Crippen LogP contribution in [0.1, 0.15) is 258 Å². The molecule has 6 nitrogen and oxygen atoms in total. The molecule has 0 aliphatic rings. The summed E-state index contributed by atoms with van der Waals surface area (Å²) >= 11 is 0. The topological polar surface area (TPSA) is 78.9 Å². The molecule has 0 rings (SSSR count). The van der Waals surface area contributed by atoms with Crippen LogP contribution in [0.25, 0.3) is 0 Å². The third kappa shape index (κ3) is 48.1. The van der Waals surface area contributed by atoms with Crippen molar-refractivity contribution in [2.45, 2.75) is 264 Å². The van der Waals surface area contributed by atoms with Gasteiger partial charge in [-0.2, -0.15) is 0 Å². The van der Waals surface area contributed by atoms with Crippen molar-refractivity contribution in [1.29, 1.82) is 0 Å². The zero-order chi connectivity index (χ0) is 45.1. The fourth-order valence-corrected chi connectivity index (χ4v) is 7.19. The number of allylic oxidation sites excluding steroid dienone is 10. The van der Waals surface area contributed by atoms with Crippen molar-refractivity contribution in [3.8, 4) is 0 Å². The first kappa shape index (κ1) is 59.1. The van der Waals surface area contributed by atoms with Crippen molar-refractivity contribution in [3.05, 3.63) is 60.8 Å². The maximum atomic E-state index is 12.8. The number of carbonyl (C=O) groups excluding carboxylic acids is 3. The summed E-state index contributed by atoms with van der Waals surface area (Å²) in [5.41, 5.74) is 0. The van der Waals surface area contributed by atoms with E-state index in [4.69, 9.17) is 14.2 Å². The predicted octanol–water partition coefficient (Wildman–Crippen LogP) is 17.3. The van der Waals surface area contributed by atoms with Gasteiger partial charge in [-0.3, -0.25) is 14.4 Å². The molecule has 1 atom stereocenters. The molecule has 0 saturated heterocycles. The number of esters is 3. The second-order valence-corrected chi connectivity index (χ2v) is 17.4. The standard InChI is InChI=1S/C56H98O6/c1-4-7-10-13-16-19-22-25-27-28-29-32-34-37-40-43-46-49-55(58)61-52-53(51-60-54(57)48-45-42-39-36-33-30-24-21-18-15-12-9-6-3)62-56(59)50-47-44-41-38-35-31-26-23-20-17-14-11-8-5-2/h14,16-17,19,21,23-27,53H,4-13,15,18,20,22,28-52H2,1-3H3/b17-14-,19-16-,24-21-,26-23-,27-25-. The Morgan fingerprint density at radius 3 is 0.984 bits per heavy atom. The lowest BCUT2D eigenvalue weighted by atomic mass is 10.1. The molecule has 0 heterocycles.